The fourth-order valence-electron chi connectivity index (χ4n) is 3.11. The summed E-state index contributed by atoms with van der Waals surface area (Å²) in [6, 6.07) is 4.60. The molecule has 3 heterocycles. The summed E-state index contributed by atoms with van der Waals surface area (Å²) in [5.74, 6) is 0.676. The van der Waals surface area contributed by atoms with Gasteiger partial charge in [-0.1, -0.05) is 5.21 Å². The molecule has 2 aromatic heterocycles. The molecule has 0 radical (unpaired) electrons. The molecule has 0 spiro atoms. The number of benzene rings is 1. The van der Waals surface area contributed by atoms with Gasteiger partial charge in [0, 0.05) is 30.2 Å². The Balaban J connectivity index is 1.79. The van der Waals surface area contributed by atoms with E-state index in [2.05, 4.69) is 39.8 Å². The van der Waals surface area contributed by atoms with Crippen LogP contribution in [-0.2, 0) is 0 Å². The number of aromatic nitrogens is 5. The van der Waals surface area contributed by atoms with E-state index in [1.165, 1.54) is 6.42 Å². The lowest BCUT2D eigenvalue weighted by Gasteiger charge is -2.23. The molecule has 1 fully saturated rings. The lowest BCUT2D eigenvalue weighted by molar-refractivity contribution is 0.478. The smallest absolute Gasteiger partial charge is 0.223 e. The zero-order valence-corrected chi connectivity index (χ0v) is 13.5. The normalized spacial score (nSPS) is 18.8. The van der Waals surface area contributed by atoms with Gasteiger partial charge < -0.3 is 10.6 Å². The maximum absolute atomic E-state index is 4.76. The predicted octanol–water partition coefficient (Wildman–Crippen LogP) is 2.12. The summed E-state index contributed by atoms with van der Waals surface area (Å²) in [5, 5.41) is 16.4. The van der Waals surface area contributed by atoms with Gasteiger partial charge in [-0.3, -0.25) is 0 Å². The lowest BCUT2D eigenvalue weighted by atomic mass is 10.1. The van der Waals surface area contributed by atoms with Crippen LogP contribution < -0.4 is 10.6 Å². The molecule has 1 atom stereocenters. The SMILES string of the molecule is CC(C)n1nnc2ccc3cnc(NC4CCCNC4)nc3c21. The molecule has 1 unspecified atom stereocenters. The zero-order valence-electron chi connectivity index (χ0n) is 13.5. The molecule has 1 aliphatic rings. The summed E-state index contributed by atoms with van der Waals surface area (Å²) < 4.78 is 1.93. The van der Waals surface area contributed by atoms with Gasteiger partial charge in [-0.15, -0.1) is 5.10 Å². The van der Waals surface area contributed by atoms with Crippen molar-refractivity contribution >= 4 is 27.9 Å². The number of piperidine rings is 1. The van der Waals surface area contributed by atoms with Crippen LogP contribution in [0, 0.1) is 0 Å². The molecule has 0 saturated carbocycles. The highest BCUT2D eigenvalue weighted by atomic mass is 15.4. The van der Waals surface area contributed by atoms with Crippen molar-refractivity contribution in [1.29, 1.82) is 0 Å². The van der Waals surface area contributed by atoms with Gasteiger partial charge in [-0.2, -0.15) is 0 Å². The third kappa shape index (κ3) is 2.61. The molecule has 7 heteroatoms. The number of rotatable bonds is 3. The van der Waals surface area contributed by atoms with Crippen molar-refractivity contribution in [2.45, 2.75) is 38.8 Å². The first kappa shape index (κ1) is 14.3. The van der Waals surface area contributed by atoms with Gasteiger partial charge in [-0.05, 0) is 45.4 Å². The van der Waals surface area contributed by atoms with E-state index in [1.54, 1.807) is 0 Å². The Hall–Kier alpha value is -2.28. The number of fused-ring (bicyclic) bond motifs is 3. The Labute approximate surface area is 134 Å². The average molecular weight is 311 g/mol. The molecular weight excluding hydrogens is 290 g/mol. The molecule has 3 aromatic rings. The molecule has 2 N–H and O–H groups in total. The third-order valence-corrected chi connectivity index (χ3v) is 4.30. The van der Waals surface area contributed by atoms with Crippen molar-refractivity contribution in [1.82, 2.24) is 30.3 Å². The van der Waals surface area contributed by atoms with Gasteiger partial charge in [0.05, 0.1) is 0 Å². The van der Waals surface area contributed by atoms with Crippen molar-refractivity contribution < 1.29 is 0 Å². The average Bonchev–Trinajstić information content (AvgIpc) is 3.00. The summed E-state index contributed by atoms with van der Waals surface area (Å²) in [4.78, 5) is 9.23. The Morgan fingerprint density at radius 3 is 3.04 bits per heavy atom. The maximum Gasteiger partial charge on any atom is 0.223 e. The molecule has 0 aliphatic carbocycles. The zero-order chi connectivity index (χ0) is 15.8. The second-order valence-electron chi connectivity index (χ2n) is 6.38. The van der Waals surface area contributed by atoms with E-state index < -0.39 is 0 Å². The summed E-state index contributed by atoms with van der Waals surface area (Å²) in [7, 11) is 0. The highest BCUT2D eigenvalue weighted by molar-refractivity contribution is 6.01. The van der Waals surface area contributed by atoms with Crippen LogP contribution in [0.4, 0.5) is 5.95 Å². The fraction of sp³-hybridized carbons (Fsp3) is 0.500. The number of anilines is 1. The van der Waals surface area contributed by atoms with E-state index in [-0.39, 0.29) is 6.04 Å². The first-order chi connectivity index (χ1) is 11.2. The van der Waals surface area contributed by atoms with Gasteiger partial charge in [-0.25, -0.2) is 14.6 Å². The number of hydrogen-bond acceptors (Lipinski definition) is 6. The number of hydrogen-bond donors (Lipinski definition) is 2. The summed E-state index contributed by atoms with van der Waals surface area (Å²) in [6.07, 6.45) is 4.20. The van der Waals surface area contributed by atoms with E-state index in [0.717, 1.165) is 41.4 Å². The van der Waals surface area contributed by atoms with Crippen LogP contribution >= 0.6 is 0 Å². The molecule has 23 heavy (non-hydrogen) atoms. The second-order valence-corrected chi connectivity index (χ2v) is 6.38. The van der Waals surface area contributed by atoms with Gasteiger partial charge in [0.25, 0.3) is 0 Å². The molecule has 1 aliphatic heterocycles. The molecule has 0 amide bonds. The summed E-state index contributed by atoms with van der Waals surface area (Å²) in [5.41, 5.74) is 2.75. The first-order valence-electron chi connectivity index (χ1n) is 8.20. The first-order valence-corrected chi connectivity index (χ1v) is 8.20. The number of nitrogens with one attached hydrogen (secondary N) is 2. The van der Waals surface area contributed by atoms with E-state index in [4.69, 9.17) is 4.98 Å². The molecular formula is C16H21N7. The lowest BCUT2D eigenvalue weighted by Crippen LogP contribution is -2.38. The minimum absolute atomic E-state index is 0.236. The highest BCUT2D eigenvalue weighted by Gasteiger charge is 2.16. The molecule has 1 aromatic carbocycles. The topological polar surface area (TPSA) is 80.5 Å². The maximum atomic E-state index is 4.76. The highest BCUT2D eigenvalue weighted by Crippen LogP contribution is 2.25. The second kappa shape index (κ2) is 5.73. The van der Waals surface area contributed by atoms with Crippen LogP contribution in [-0.4, -0.2) is 44.1 Å². The van der Waals surface area contributed by atoms with Crippen LogP contribution in [0.5, 0.6) is 0 Å². The van der Waals surface area contributed by atoms with E-state index in [1.807, 2.05) is 23.0 Å². The van der Waals surface area contributed by atoms with Crippen LogP contribution in [0.2, 0.25) is 0 Å². The molecule has 120 valence electrons. The largest absolute Gasteiger partial charge is 0.350 e. The Kier molecular flexibility index (Phi) is 3.57. The Morgan fingerprint density at radius 1 is 1.35 bits per heavy atom. The van der Waals surface area contributed by atoms with Gasteiger partial charge in [0.15, 0.2) is 0 Å². The van der Waals surface area contributed by atoms with Crippen LogP contribution in [0.25, 0.3) is 21.9 Å². The monoisotopic (exact) mass is 311 g/mol. The van der Waals surface area contributed by atoms with Crippen molar-refractivity contribution in [3.05, 3.63) is 18.3 Å². The van der Waals surface area contributed by atoms with Crippen LogP contribution in [0.3, 0.4) is 0 Å². The van der Waals surface area contributed by atoms with E-state index in [0.29, 0.717) is 12.0 Å². The van der Waals surface area contributed by atoms with Crippen LogP contribution in [0.1, 0.15) is 32.7 Å². The van der Waals surface area contributed by atoms with Gasteiger partial charge >= 0.3 is 0 Å². The predicted molar refractivity (Wildman–Crippen MR) is 90.5 cm³/mol. The molecule has 4 rings (SSSR count). The fourth-order valence-corrected chi connectivity index (χ4v) is 3.11. The van der Waals surface area contributed by atoms with Crippen molar-refractivity contribution in [3.63, 3.8) is 0 Å². The van der Waals surface area contributed by atoms with Crippen molar-refractivity contribution in [3.8, 4) is 0 Å². The van der Waals surface area contributed by atoms with Crippen molar-refractivity contribution in [2.75, 3.05) is 18.4 Å². The number of nitrogens with zero attached hydrogens (tertiary/aromatic N) is 5. The standard InChI is InChI=1S/C16H21N7/c1-10(2)23-15-13(21-22-23)6-5-11-8-18-16(20-14(11)15)19-12-4-3-7-17-9-12/h5-6,8,10,12,17H,3-4,7,9H2,1-2H3,(H,18,19,20). The van der Waals surface area contributed by atoms with E-state index in [9.17, 15) is 0 Å². The third-order valence-electron chi connectivity index (χ3n) is 4.30. The Morgan fingerprint density at radius 2 is 2.26 bits per heavy atom. The Bertz CT molecular complexity index is 833. The van der Waals surface area contributed by atoms with Crippen LogP contribution in [0.15, 0.2) is 18.3 Å². The quantitative estimate of drug-likeness (QED) is 0.771. The molecule has 0 bridgehead atoms. The van der Waals surface area contributed by atoms with Gasteiger partial charge in [0.1, 0.15) is 16.6 Å². The van der Waals surface area contributed by atoms with Gasteiger partial charge in [0.2, 0.25) is 5.95 Å². The summed E-state index contributed by atoms with van der Waals surface area (Å²) in [6.45, 7) is 6.25. The van der Waals surface area contributed by atoms with Crippen molar-refractivity contribution in [2.24, 2.45) is 0 Å². The molecule has 1 saturated heterocycles. The summed E-state index contributed by atoms with van der Waals surface area (Å²) >= 11 is 0. The van der Waals surface area contributed by atoms with E-state index >= 15 is 0 Å². The minimum atomic E-state index is 0.236. The molecule has 7 nitrogen and oxygen atoms in total. The minimum Gasteiger partial charge on any atom is -0.350 e.